The average molecular weight is 391 g/mol. The van der Waals surface area contributed by atoms with Crippen LogP contribution in [0.3, 0.4) is 0 Å². The van der Waals surface area contributed by atoms with Crippen LogP contribution in [0.25, 0.3) is 0 Å². The summed E-state index contributed by atoms with van der Waals surface area (Å²) < 4.78 is 2.97. The summed E-state index contributed by atoms with van der Waals surface area (Å²) in [6.45, 7) is 4.79. The third kappa shape index (κ3) is 5.07. The van der Waals surface area contributed by atoms with Gasteiger partial charge >= 0.3 is 11.8 Å². The predicted molar refractivity (Wildman–Crippen MR) is 107 cm³/mol. The second-order valence-electron chi connectivity index (χ2n) is 6.76. The van der Waals surface area contributed by atoms with Gasteiger partial charge in [-0.15, -0.1) is 0 Å². The molecule has 3 rings (SSSR count). The molecule has 0 unspecified atom stereocenters. The SMILES string of the molecule is CC(C)c1ccc(Cn2nccc2NC(=O)C(=O)Nc2cnn(CC#N)c2)cc1. The zero-order valence-electron chi connectivity index (χ0n) is 16.2. The van der Waals surface area contributed by atoms with Crippen LogP contribution in [0.1, 0.15) is 30.9 Å². The Kier molecular flexibility index (Phi) is 6.04. The van der Waals surface area contributed by atoms with Gasteiger partial charge in [-0.25, -0.2) is 4.68 Å². The molecule has 9 nitrogen and oxygen atoms in total. The Bertz CT molecular complexity index is 1040. The molecule has 0 fully saturated rings. The van der Waals surface area contributed by atoms with Crippen molar-refractivity contribution < 1.29 is 9.59 Å². The number of carbonyl (C=O) groups excluding carboxylic acids is 2. The number of rotatable bonds is 6. The lowest BCUT2D eigenvalue weighted by molar-refractivity contribution is -0.133. The molecule has 29 heavy (non-hydrogen) atoms. The monoisotopic (exact) mass is 391 g/mol. The molecule has 0 saturated carbocycles. The smallest absolute Gasteiger partial charge is 0.315 e. The minimum atomic E-state index is -0.837. The maximum Gasteiger partial charge on any atom is 0.315 e. The fraction of sp³-hybridized carbons (Fsp3) is 0.250. The lowest BCUT2D eigenvalue weighted by Crippen LogP contribution is -2.30. The van der Waals surface area contributed by atoms with Gasteiger partial charge in [0.05, 0.1) is 30.7 Å². The fourth-order valence-electron chi connectivity index (χ4n) is 2.69. The van der Waals surface area contributed by atoms with Crippen molar-refractivity contribution >= 4 is 23.3 Å². The summed E-state index contributed by atoms with van der Waals surface area (Å²) in [6, 6.07) is 11.7. The molecule has 148 valence electrons. The van der Waals surface area contributed by atoms with Gasteiger partial charge in [0, 0.05) is 12.3 Å². The van der Waals surface area contributed by atoms with Gasteiger partial charge in [-0.05, 0) is 17.0 Å². The number of hydrogen-bond donors (Lipinski definition) is 2. The molecule has 0 aliphatic heterocycles. The summed E-state index contributed by atoms with van der Waals surface area (Å²) in [6.07, 6.45) is 4.40. The molecule has 0 radical (unpaired) electrons. The van der Waals surface area contributed by atoms with E-state index in [-0.39, 0.29) is 6.54 Å². The van der Waals surface area contributed by atoms with Crippen molar-refractivity contribution in [3.8, 4) is 6.07 Å². The van der Waals surface area contributed by atoms with Crippen LogP contribution < -0.4 is 10.6 Å². The van der Waals surface area contributed by atoms with Gasteiger partial charge in [0.25, 0.3) is 0 Å². The zero-order chi connectivity index (χ0) is 20.8. The first-order valence-corrected chi connectivity index (χ1v) is 9.08. The summed E-state index contributed by atoms with van der Waals surface area (Å²) in [5, 5.41) is 21.8. The van der Waals surface area contributed by atoms with Crippen LogP contribution in [0, 0.1) is 11.3 Å². The number of amides is 2. The largest absolute Gasteiger partial charge is 0.315 e. The third-order valence-corrected chi connectivity index (χ3v) is 4.27. The minimum Gasteiger partial charge on any atom is -0.315 e. The first kappa shape index (κ1) is 19.8. The number of benzene rings is 1. The second-order valence-corrected chi connectivity index (χ2v) is 6.76. The van der Waals surface area contributed by atoms with Crippen LogP contribution in [-0.4, -0.2) is 31.4 Å². The molecule has 0 atom stereocenters. The number of nitrogens with zero attached hydrogens (tertiary/aromatic N) is 5. The highest BCUT2D eigenvalue weighted by Gasteiger charge is 2.17. The zero-order valence-corrected chi connectivity index (χ0v) is 16.2. The molecule has 2 N–H and O–H groups in total. The normalized spacial score (nSPS) is 10.6. The highest BCUT2D eigenvalue weighted by atomic mass is 16.2. The molecule has 9 heteroatoms. The molecule has 0 bridgehead atoms. The summed E-state index contributed by atoms with van der Waals surface area (Å²) in [5.74, 6) is -0.794. The number of nitrogens with one attached hydrogen (secondary N) is 2. The molecule has 2 heterocycles. The number of anilines is 2. The lowest BCUT2D eigenvalue weighted by atomic mass is 10.0. The predicted octanol–water partition coefficient (Wildman–Crippen LogP) is 2.35. The van der Waals surface area contributed by atoms with Gasteiger partial charge in [0.1, 0.15) is 12.4 Å². The topological polar surface area (TPSA) is 118 Å². The molecular formula is C20H21N7O2. The molecule has 0 aliphatic carbocycles. The van der Waals surface area contributed by atoms with E-state index < -0.39 is 11.8 Å². The Morgan fingerprint density at radius 2 is 1.83 bits per heavy atom. The van der Waals surface area contributed by atoms with Gasteiger partial charge in [0.15, 0.2) is 0 Å². The Morgan fingerprint density at radius 3 is 2.52 bits per heavy atom. The van der Waals surface area contributed by atoms with Crippen LogP contribution in [-0.2, 0) is 22.7 Å². The second kappa shape index (κ2) is 8.84. The van der Waals surface area contributed by atoms with E-state index in [4.69, 9.17) is 5.26 Å². The summed E-state index contributed by atoms with van der Waals surface area (Å²) >= 11 is 0. The summed E-state index contributed by atoms with van der Waals surface area (Å²) in [4.78, 5) is 24.3. The summed E-state index contributed by atoms with van der Waals surface area (Å²) in [7, 11) is 0. The molecule has 2 aromatic heterocycles. The number of hydrogen-bond acceptors (Lipinski definition) is 5. The molecular weight excluding hydrogens is 370 g/mol. The standard InChI is InChI=1S/C20H21N7O2/c1-14(2)16-5-3-15(4-6-16)12-27-18(7-9-22-27)25-20(29)19(28)24-17-11-23-26(13-17)10-8-21/h3-7,9,11,13-14H,10,12H2,1-2H3,(H,24,28)(H,25,29). The Labute approximate surface area is 167 Å². The maximum atomic E-state index is 12.2. The van der Waals surface area contributed by atoms with E-state index in [1.54, 1.807) is 16.9 Å². The molecule has 3 aromatic rings. The van der Waals surface area contributed by atoms with Crippen LogP contribution >= 0.6 is 0 Å². The van der Waals surface area contributed by atoms with E-state index in [1.165, 1.54) is 22.6 Å². The lowest BCUT2D eigenvalue weighted by Gasteiger charge is -2.10. The van der Waals surface area contributed by atoms with Gasteiger partial charge in [-0.1, -0.05) is 38.1 Å². The van der Waals surface area contributed by atoms with Crippen LogP contribution in [0.4, 0.5) is 11.5 Å². The maximum absolute atomic E-state index is 12.2. The van der Waals surface area contributed by atoms with Crippen LogP contribution in [0.5, 0.6) is 0 Å². The van der Waals surface area contributed by atoms with Crippen molar-refractivity contribution in [3.63, 3.8) is 0 Å². The highest BCUT2D eigenvalue weighted by molar-refractivity contribution is 6.43. The van der Waals surface area contributed by atoms with E-state index in [2.05, 4.69) is 46.8 Å². The highest BCUT2D eigenvalue weighted by Crippen LogP contribution is 2.16. The van der Waals surface area contributed by atoms with Crippen molar-refractivity contribution in [2.75, 3.05) is 10.6 Å². The van der Waals surface area contributed by atoms with Crippen molar-refractivity contribution in [1.29, 1.82) is 5.26 Å². The quantitative estimate of drug-likeness (QED) is 0.626. The van der Waals surface area contributed by atoms with E-state index in [1.807, 2.05) is 18.2 Å². The van der Waals surface area contributed by atoms with Crippen molar-refractivity contribution in [2.45, 2.75) is 32.9 Å². The first-order chi connectivity index (χ1) is 14.0. The van der Waals surface area contributed by atoms with Gasteiger partial charge in [-0.3, -0.25) is 14.3 Å². The van der Waals surface area contributed by atoms with Crippen LogP contribution in [0.2, 0.25) is 0 Å². The third-order valence-electron chi connectivity index (χ3n) is 4.27. The molecule has 2 amide bonds. The molecule has 0 spiro atoms. The van der Waals surface area contributed by atoms with E-state index in [0.29, 0.717) is 24.0 Å². The van der Waals surface area contributed by atoms with Crippen LogP contribution in [0.15, 0.2) is 48.9 Å². The molecule has 1 aromatic carbocycles. The average Bonchev–Trinajstić information content (AvgIpc) is 3.32. The van der Waals surface area contributed by atoms with Gasteiger partial charge < -0.3 is 10.6 Å². The Morgan fingerprint density at radius 1 is 1.10 bits per heavy atom. The molecule has 0 saturated heterocycles. The Balaban J connectivity index is 1.61. The number of nitriles is 1. The van der Waals surface area contributed by atoms with E-state index in [9.17, 15) is 9.59 Å². The van der Waals surface area contributed by atoms with E-state index >= 15 is 0 Å². The molecule has 0 aliphatic rings. The number of carbonyl (C=O) groups is 2. The van der Waals surface area contributed by atoms with Gasteiger partial charge in [0.2, 0.25) is 0 Å². The fourth-order valence-corrected chi connectivity index (χ4v) is 2.69. The van der Waals surface area contributed by atoms with Crippen molar-refractivity contribution in [1.82, 2.24) is 19.6 Å². The van der Waals surface area contributed by atoms with Gasteiger partial charge in [-0.2, -0.15) is 15.5 Å². The number of aromatic nitrogens is 4. The van der Waals surface area contributed by atoms with Crippen molar-refractivity contribution in [2.24, 2.45) is 0 Å². The van der Waals surface area contributed by atoms with E-state index in [0.717, 1.165) is 5.56 Å². The first-order valence-electron chi connectivity index (χ1n) is 9.08. The van der Waals surface area contributed by atoms with Crippen molar-refractivity contribution in [3.05, 3.63) is 60.0 Å². The Hall–Kier alpha value is -3.93. The minimum absolute atomic E-state index is 0.0550. The summed E-state index contributed by atoms with van der Waals surface area (Å²) in [5.41, 5.74) is 2.61.